The summed E-state index contributed by atoms with van der Waals surface area (Å²) in [5.74, 6) is 1.26. The summed E-state index contributed by atoms with van der Waals surface area (Å²) in [4.78, 5) is 11.0. The largest absolute Gasteiger partial charge is 0.369 e. The second kappa shape index (κ2) is 4.48. The number of carbonyl (C=O) groups excluding carboxylic acids is 1. The molecule has 0 heterocycles. The van der Waals surface area contributed by atoms with Crippen LogP contribution in [0.4, 0.5) is 0 Å². The van der Waals surface area contributed by atoms with Gasteiger partial charge in [0, 0.05) is 5.92 Å². The molecule has 1 atom stereocenters. The van der Waals surface area contributed by atoms with Crippen LogP contribution in [0.25, 0.3) is 0 Å². The van der Waals surface area contributed by atoms with Gasteiger partial charge in [-0.05, 0) is 17.8 Å². The maximum Gasteiger partial charge on any atom is 0.220 e. The molecule has 12 heavy (non-hydrogen) atoms. The van der Waals surface area contributed by atoms with E-state index < -0.39 is 0 Å². The fourth-order valence-electron chi connectivity index (χ4n) is 2.11. The number of carbonyl (C=O) groups is 1. The van der Waals surface area contributed by atoms with Crippen LogP contribution in [-0.2, 0) is 4.79 Å². The van der Waals surface area contributed by atoms with E-state index in [1.165, 1.54) is 0 Å². The summed E-state index contributed by atoms with van der Waals surface area (Å²) in [6, 6.07) is 0. The molecule has 0 aromatic heterocycles. The van der Waals surface area contributed by atoms with E-state index in [0.29, 0.717) is 17.8 Å². The van der Waals surface area contributed by atoms with Crippen molar-refractivity contribution in [3.05, 3.63) is 0 Å². The van der Waals surface area contributed by atoms with Crippen molar-refractivity contribution < 1.29 is 4.79 Å². The van der Waals surface area contributed by atoms with Gasteiger partial charge in [-0.15, -0.1) is 0 Å². The van der Waals surface area contributed by atoms with Gasteiger partial charge in [0.1, 0.15) is 0 Å². The first-order valence-electron chi connectivity index (χ1n) is 4.67. The second-order valence-electron chi connectivity index (χ2n) is 4.26. The number of hydrogen-bond acceptors (Lipinski definition) is 1. The molecule has 2 heteroatoms. The minimum atomic E-state index is -0.178. The van der Waals surface area contributed by atoms with E-state index in [2.05, 4.69) is 27.7 Å². The third kappa shape index (κ3) is 2.84. The Hall–Kier alpha value is -0.530. The fraction of sp³-hybridized carbons (Fsp3) is 0.900. The SMILES string of the molecule is CC(C)C(C(C)C)C(C)C(N)=O. The van der Waals surface area contributed by atoms with Crippen LogP contribution in [0, 0.1) is 23.7 Å². The highest BCUT2D eigenvalue weighted by Gasteiger charge is 2.27. The number of hydrogen-bond donors (Lipinski definition) is 1. The van der Waals surface area contributed by atoms with Crippen LogP contribution in [0.2, 0.25) is 0 Å². The number of rotatable bonds is 4. The molecule has 2 N–H and O–H groups in total. The van der Waals surface area contributed by atoms with Gasteiger partial charge in [0.15, 0.2) is 0 Å². The lowest BCUT2D eigenvalue weighted by molar-refractivity contribution is -0.124. The van der Waals surface area contributed by atoms with Crippen molar-refractivity contribution in [3.63, 3.8) is 0 Å². The minimum absolute atomic E-state index is 0.00926. The summed E-state index contributed by atoms with van der Waals surface area (Å²) in [7, 11) is 0. The lowest BCUT2D eigenvalue weighted by Crippen LogP contribution is -2.33. The van der Waals surface area contributed by atoms with Gasteiger partial charge in [-0.3, -0.25) is 4.79 Å². The molecule has 0 bridgehead atoms. The molecule has 0 aromatic carbocycles. The van der Waals surface area contributed by atoms with Crippen molar-refractivity contribution in [2.45, 2.75) is 34.6 Å². The predicted molar refractivity (Wildman–Crippen MR) is 51.5 cm³/mol. The summed E-state index contributed by atoms with van der Waals surface area (Å²) in [6.45, 7) is 10.5. The highest BCUT2D eigenvalue weighted by molar-refractivity contribution is 5.76. The molecule has 0 aliphatic rings. The monoisotopic (exact) mass is 171 g/mol. The summed E-state index contributed by atoms with van der Waals surface area (Å²) >= 11 is 0. The van der Waals surface area contributed by atoms with Crippen molar-refractivity contribution in [2.75, 3.05) is 0 Å². The Balaban J connectivity index is 4.40. The van der Waals surface area contributed by atoms with Crippen molar-refractivity contribution in [1.82, 2.24) is 0 Å². The molecule has 1 amide bonds. The fourth-order valence-corrected chi connectivity index (χ4v) is 2.11. The minimum Gasteiger partial charge on any atom is -0.369 e. The Morgan fingerprint density at radius 1 is 1.00 bits per heavy atom. The van der Waals surface area contributed by atoms with Crippen LogP contribution in [0.3, 0.4) is 0 Å². The highest BCUT2D eigenvalue weighted by Crippen LogP contribution is 2.28. The van der Waals surface area contributed by atoms with E-state index in [1.807, 2.05) is 6.92 Å². The standard InChI is InChI=1S/C10H21NO/c1-6(2)9(7(3)4)8(5)10(11)12/h6-9H,1-5H3,(H2,11,12). The smallest absolute Gasteiger partial charge is 0.220 e. The Bertz CT molecular complexity index is 144. The van der Waals surface area contributed by atoms with E-state index in [1.54, 1.807) is 0 Å². The van der Waals surface area contributed by atoms with Gasteiger partial charge >= 0.3 is 0 Å². The number of primary amides is 1. The lowest BCUT2D eigenvalue weighted by Gasteiger charge is -2.28. The van der Waals surface area contributed by atoms with Crippen LogP contribution in [-0.4, -0.2) is 5.91 Å². The predicted octanol–water partition coefficient (Wildman–Crippen LogP) is 2.04. The lowest BCUT2D eigenvalue weighted by atomic mass is 9.76. The van der Waals surface area contributed by atoms with E-state index in [-0.39, 0.29) is 11.8 Å². The Kier molecular flexibility index (Phi) is 4.29. The van der Waals surface area contributed by atoms with Gasteiger partial charge in [0.25, 0.3) is 0 Å². The Labute approximate surface area is 75.5 Å². The summed E-state index contributed by atoms with van der Waals surface area (Å²) in [5.41, 5.74) is 5.27. The van der Waals surface area contributed by atoms with Gasteiger partial charge < -0.3 is 5.73 Å². The average Bonchev–Trinajstić information content (AvgIpc) is 1.85. The van der Waals surface area contributed by atoms with Crippen LogP contribution < -0.4 is 5.73 Å². The van der Waals surface area contributed by atoms with E-state index in [0.717, 1.165) is 0 Å². The zero-order valence-electron chi connectivity index (χ0n) is 8.79. The Morgan fingerprint density at radius 2 is 1.33 bits per heavy atom. The molecule has 72 valence electrons. The third-order valence-electron chi connectivity index (χ3n) is 2.57. The summed E-state index contributed by atoms with van der Waals surface area (Å²) in [5, 5.41) is 0. The second-order valence-corrected chi connectivity index (χ2v) is 4.26. The maximum atomic E-state index is 11.0. The van der Waals surface area contributed by atoms with Gasteiger partial charge in [-0.25, -0.2) is 0 Å². The molecule has 0 saturated heterocycles. The van der Waals surface area contributed by atoms with Crippen LogP contribution in [0.1, 0.15) is 34.6 Å². The third-order valence-corrected chi connectivity index (χ3v) is 2.57. The van der Waals surface area contributed by atoms with Crippen LogP contribution in [0.5, 0.6) is 0 Å². The molecule has 0 aliphatic heterocycles. The van der Waals surface area contributed by atoms with Crippen LogP contribution >= 0.6 is 0 Å². The van der Waals surface area contributed by atoms with Crippen molar-refractivity contribution in [1.29, 1.82) is 0 Å². The van der Waals surface area contributed by atoms with Gasteiger partial charge in [-0.2, -0.15) is 0 Å². The zero-order chi connectivity index (χ0) is 9.89. The molecule has 2 nitrogen and oxygen atoms in total. The zero-order valence-corrected chi connectivity index (χ0v) is 8.79. The van der Waals surface area contributed by atoms with Gasteiger partial charge in [-0.1, -0.05) is 34.6 Å². The average molecular weight is 171 g/mol. The normalized spacial score (nSPS) is 14.3. The molecule has 0 rings (SSSR count). The number of nitrogens with two attached hydrogens (primary N) is 1. The molecule has 0 saturated carbocycles. The van der Waals surface area contributed by atoms with Crippen LogP contribution in [0.15, 0.2) is 0 Å². The molecule has 0 spiro atoms. The van der Waals surface area contributed by atoms with Crippen molar-refractivity contribution >= 4 is 5.91 Å². The first-order chi connectivity index (χ1) is 5.37. The Morgan fingerprint density at radius 3 is 1.42 bits per heavy atom. The van der Waals surface area contributed by atoms with Crippen molar-refractivity contribution in [2.24, 2.45) is 29.4 Å². The first-order valence-corrected chi connectivity index (χ1v) is 4.67. The molecule has 0 radical (unpaired) electrons. The number of amides is 1. The van der Waals surface area contributed by atoms with E-state index >= 15 is 0 Å². The molecular weight excluding hydrogens is 150 g/mol. The summed E-state index contributed by atoms with van der Waals surface area (Å²) in [6.07, 6.45) is 0. The van der Waals surface area contributed by atoms with Gasteiger partial charge in [0.05, 0.1) is 0 Å². The molecule has 0 fully saturated rings. The molecule has 0 aromatic rings. The first kappa shape index (κ1) is 11.5. The van der Waals surface area contributed by atoms with E-state index in [4.69, 9.17) is 5.73 Å². The highest BCUT2D eigenvalue weighted by atomic mass is 16.1. The maximum absolute atomic E-state index is 11.0. The quantitative estimate of drug-likeness (QED) is 0.691. The van der Waals surface area contributed by atoms with E-state index in [9.17, 15) is 4.79 Å². The van der Waals surface area contributed by atoms with Gasteiger partial charge in [0.2, 0.25) is 5.91 Å². The molecule has 1 unspecified atom stereocenters. The summed E-state index contributed by atoms with van der Waals surface area (Å²) < 4.78 is 0. The topological polar surface area (TPSA) is 43.1 Å². The van der Waals surface area contributed by atoms with Crippen molar-refractivity contribution in [3.8, 4) is 0 Å². The molecule has 0 aliphatic carbocycles. The molecular formula is C10H21NO.